The zero-order chi connectivity index (χ0) is 18.2. The van der Waals surface area contributed by atoms with Crippen molar-refractivity contribution in [2.75, 3.05) is 26.2 Å². The van der Waals surface area contributed by atoms with E-state index in [0.29, 0.717) is 5.89 Å². The number of hydrogen-bond acceptors (Lipinski definition) is 5. The minimum Gasteiger partial charge on any atom is -0.441 e. The Kier molecular flexibility index (Phi) is 7.26. The number of unbranched alkanes of at least 4 members (excludes halogenated alkanes) is 2. The Labute approximate surface area is 159 Å². The van der Waals surface area contributed by atoms with E-state index in [1.165, 1.54) is 51.7 Å². The third-order valence-electron chi connectivity index (χ3n) is 4.91. The summed E-state index contributed by atoms with van der Waals surface area (Å²) in [4.78, 5) is 19.2. The van der Waals surface area contributed by atoms with Gasteiger partial charge in [0.25, 0.3) is 0 Å². The number of nitrogens with zero attached hydrogens (tertiary/aromatic N) is 2. The second-order valence-corrected chi connectivity index (χ2v) is 7.80. The lowest BCUT2D eigenvalue weighted by atomic mass is 10.1. The Balaban J connectivity index is 1.32. The highest BCUT2D eigenvalue weighted by Crippen LogP contribution is 2.24. The molecule has 142 valence electrons. The maximum Gasteiger partial charge on any atom is 0.227 e. The third-order valence-corrected chi connectivity index (χ3v) is 5.59. The number of piperidine rings is 1. The Morgan fingerprint density at radius 3 is 2.88 bits per heavy atom. The number of carbonyl (C=O) groups excluding carboxylic acids is 1. The standard InChI is InChI=1S/C20H29N3O2S/c1-16-18(22-20(25-16)17-8-13-26-15-17)14-19(24)21-9-4-2-5-10-23-11-6-3-7-12-23/h8,13,15H,2-7,9-12,14H2,1H3,(H,21,24). The van der Waals surface area contributed by atoms with Gasteiger partial charge in [-0.1, -0.05) is 12.8 Å². The molecule has 1 aliphatic rings. The van der Waals surface area contributed by atoms with Gasteiger partial charge in [0.15, 0.2) is 0 Å². The molecule has 0 atom stereocenters. The molecule has 2 aromatic rings. The molecule has 1 fully saturated rings. The molecular formula is C20H29N3O2S. The van der Waals surface area contributed by atoms with Crippen LogP contribution in [-0.2, 0) is 11.2 Å². The molecule has 2 aromatic heterocycles. The van der Waals surface area contributed by atoms with Crippen LogP contribution in [0, 0.1) is 6.92 Å². The normalized spacial score (nSPS) is 15.3. The third kappa shape index (κ3) is 5.68. The van der Waals surface area contributed by atoms with Crippen molar-refractivity contribution in [1.29, 1.82) is 0 Å². The van der Waals surface area contributed by atoms with E-state index in [2.05, 4.69) is 15.2 Å². The van der Waals surface area contributed by atoms with Crippen molar-refractivity contribution in [3.63, 3.8) is 0 Å². The number of nitrogens with one attached hydrogen (secondary N) is 1. The van der Waals surface area contributed by atoms with Crippen molar-refractivity contribution in [1.82, 2.24) is 15.2 Å². The minimum atomic E-state index is 0.0225. The first-order valence-electron chi connectivity index (χ1n) is 9.70. The summed E-state index contributed by atoms with van der Waals surface area (Å²) in [5.74, 6) is 1.35. The van der Waals surface area contributed by atoms with Crippen LogP contribution in [0.25, 0.3) is 11.5 Å². The van der Waals surface area contributed by atoms with E-state index in [1.807, 2.05) is 23.8 Å². The predicted molar refractivity (Wildman–Crippen MR) is 105 cm³/mol. The van der Waals surface area contributed by atoms with E-state index < -0.39 is 0 Å². The molecule has 0 bridgehead atoms. The van der Waals surface area contributed by atoms with E-state index in [4.69, 9.17) is 4.42 Å². The van der Waals surface area contributed by atoms with Gasteiger partial charge >= 0.3 is 0 Å². The fourth-order valence-electron chi connectivity index (χ4n) is 3.36. The summed E-state index contributed by atoms with van der Waals surface area (Å²) in [7, 11) is 0. The van der Waals surface area contributed by atoms with Crippen molar-refractivity contribution in [2.24, 2.45) is 0 Å². The maximum atomic E-state index is 12.1. The number of thiophene rings is 1. The van der Waals surface area contributed by atoms with E-state index in [9.17, 15) is 4.79 Å². The van der Waals surface area contributed by atoms with Crippen LogP contribution in [0.2, 0.25) is 0 Å². The molecule has 0 unspecified atom stereocenters. The summed E-state index contributed by atoms with van der Waals surface area (Å²) in [5, 5.41) is 7.00. The minimum absolute atomic E-state index is 0.0225. The number of amides is 1. The van der Waals surface area contributed by atoms with Crippen LogP contribution in [-0.4, -0.2) is 42.0 Å². The molecule has 26 heavy (non-hydrogen) atoms. The number of likely N-dealkylation sites (tertiary alicyclic amines) is 1. The zero-order valence-corrected chi connectivity index (χ0v) is 16.4. The molecule has 1 N–H and O–H groups in total. The van der Waals surface area contributed by atoms with Crippen molar-refractivity contribution in [2.45, 2.75) is 51.9 Å². The summed E-state index contributed by atoms with van der Waals surface area (Å²) in [6.45, 7) is 6.35. The summed E-state index contributed by atoms with van der Waals surface area (Å²) in [6.07, 6.45) is 7.81. The molecule has 3 heterocycles. The van der Waals surface area contributed by atoms with Crippen molar-refractivity contribution >= 4 is 17.2 Å². The molecule has 5 nitrogen and oxygen atoms in total. The molecule has 0 spiro atoms. The molecule has 0 aliphatic carbocycles. The molecule has 1 aliphatic heterocycles. The molecule has 6 heteroatoms. The fraction of sp³-hybridized carbons (Fsp3) is 0.600. The monoisotopic (exact) mass is 375 g/mol. The van der Waals surface area contributed by atoms with Gasteiger partial charge in [-0.3, -0.25) is 4.79 Å². The average Bonchev–Trinajstić information content (AvgIpc) is 3.29. The summed E-state index contributed by atoms with van der Waals surface area (Å²) in [5.41, 5.74) is 1.70. The highest BCUT2D eigenvalue weighted by molar-refractivity contribution is 7.08. The quantitative estimate of drug-likeness (QED) is 0.673. The van der Waals surface area contributed by atoms with E-state index >= 15 is 0 Å². The maximum absolute atomic E-state index is 12.1. The smallest absolute Gasteiger partial charge is 0.227 e. The van der Waals surface area contributed by atoms with Crippen LogP contribution in [0.3, 0.4) is 0 Å². The Hall–Kier alpha value is -1.66. The van der Waals surface area contributed by atoms with Gasteiger partial charge in [0.2, 0.25) is 11.8 Å². The average molecular weight is 376 g/mol. The second-order valence-electron chi connectivity index (χ2n) is 7.02. The summed E-state index contributed by atoms with van der Waals surface area (Å²) < 4.78 is 5.69. The van der Waals surface area contributed by atoms with Crippen LogP contribution in [0.15, 0.2) is 21.2 Å². The molecule has 0 radical (unpaired) electrons. The Morgan fingerprint density at radius 1 is 1.27 bits per heavy atom. The van der Waals surface area contributed by atoms with E-state index in [0.717, 1.165) is 30.0 Å². The van der Waals surface area contributed by atoms with Crippen LogP contribution in [0.4, 0.5) is 0 Å². The lowest BCUT2D eigenvalue weighted by Crippen LogP contribution is -2.30. The van der Waals surface area contributed by atoms with Crippen LogP contribution in [0.5, 0.6) is 0 Å². The van der Waals surface area contributed by atoms with Gasteiger partial charge < -0.3 is 14.6 Å². The number of hydrogen-bond donors (Lipinski definition) is 1. The fourth-order valence-corrected chi connectivity index (χ4v) is 3.99. The first-order chi connectivity index (χ1) is 12.7. The molecular weight excluding hydrogens is 346 g/mol. The number of carbonyl (C=O) groups is 1. The zero-order valence-electron chi connectivity index (χ0n) is 15.6. The molecule has 0 aromatic carbocycles. The Morgan fingerprint density at radius 2 is 2.12 bits per heavy atom. The lowest BCUT2D eigenvalue weighted by Gasteiger charge is -2.26. The first-order valence-corrected chi connectivity index (χ1v) is 10.6. The van der Waals surface area contributed by atoms with Gasteiger partial charge in [-0.25, -0.2) is 4.98 Å². The number of aryl methyl sites for hydroxylation is 1. The second kappa shape index (κ2) is 9.88. The predicted octanol–water partition coefficient (Wildman–Crippen LogP) is 4.03. The van der Waals surface area contributed by atoms with Gasteiger partial charge in [-0.2, -0.15) is 11.3 Å². The molecule has 3 rings (SSSR count). The van der Waals surface area contributed by atoms with Gasteiger partial charge in [0.1, 0.15) is 5.76 Å². The first kappa shape index (κ1) is 19.1. The molecule has 1 amide bonds. The van der Waals surface area contributed by atoms with E-state index in [1.54, 1.807) is 11.3 Å². The highest BCUT2D eigenvalue weighted by atomic mass is 32.1. The summed E-state index contributed by atoms with van der Waals surface area (Å²) in [6, 6.07) is 1.98. The Bertz CT molecular complexity index is 675. The summed E-state index contributed by atoms with van der Waals surface area (Å²) >= 11 is 1.61. The van der Waals surface area contributed by atoms with Crippen LogP contribution >= 0.6 is 11.3 Å². The largest absolute Gasteiger partial charge is 0.441 e. The van der Waals surface area contributed by atoms with Crippen molar-refractivity contribution in [3.05, 3.63) is 28.3 Å². The van der Waals surface area contributed by atoms with E-state index in [-0.39, 0.29) is 12.3 Å². The number of rotatable bonds is 9. The van der Waals surface area contributed by atoms with Crippen molar-refractivity contribution < 1.29 is 9.21 Å². The van der Waals surface area contributed by atoms with Gasteiger partial charge in [0.05, 0.1) is 12.1 Å². The molecule has 1 saturated heterocycles. The van der Waals surface area contributed by atoms with Gasteiger partial charge in [-0.15, -0.1) is 0 Å². The van der Waals surface area contributed by atoms with Crippen molar-refractivity contribution in [3.8, 4) is 11.5 Å². The highest BCUT2D eigenvalue weighted by Gasteiger charge is 2.14. The number of aromatic nitrogens is 1. The van der Waals surface area contributed by atoms with Crippen LogP contribution < -0.4 is 5.32 Å². The number of oxazole rings is 1. The van der Waals surface area contributed by atoms with Gasteiger partial charge in [0, 0.05) is 17.5 Å². The SMILES string of the molecule is Cc1oc(-c2ccsc2)nc1CC(=O)NCCCCCN1CCCCC1. The van der Waals surface area contributed by atoms with Crippen LogP contribution in [0.1, 0.15) is 50.0 Å². The topological polar surface area (TPSA) is 58.4 Å². The molecule has 0 saturated carbocycles. The van der Waals surface area contributed by atoms with Gasteiger partial charge in [-0.05, 0) is 63.7 Å². The lowest BCUT2D eigenvalue weighted by molar-refractivity contribution is -0.120.